The van der Waals surface area contributed by atoms with Crippen LogP contribution in [0.4, 0.5) is 5.82 Å². The SMILES string of the molecule is CC(C)CCCC(C)CCCC(C)CCCC(C)CCSCC(Nc1cocn1)C1=COC=CN1. The lowest BCUT2D eigenvalue weighted by Gasteiger charge is -2.22. The second-order valence-electron chi connectivity index (χ2n) is 11.1. The number of ether oxygens (including phenoxy) is 1. The lowest BCUT2D eigenvalue weighted by Crippen LogP contribution is -2.32. The van der Waals surface area contributed by atoms with Crippen LogP contribution >= 0.6 is 11.8 Å². The van der Waals surface area contributed by atoms with E-state index in [1.165, 1.54) is 76.4 Å². The van der Waals surface area contributed by atoms with Crippen LogP contribution in [0.25, 0.3) is 0 Å². The molecule has 2 N–H and O–H groups in total. The summed E-state index contributed by atoms with van der Waals surface area (Å²) in [6, 6.07) is 0.101. The number of aromatic nitrogens is 1. The summed E-state index contributed by atoms with van der Waals surface area (Å²) >= 11 is 1.98. The molecule has 0 radical (unpaired) electrons. The lowest BCUT2D eigenvalue weighted by molar-refractivity contribution is 0.377. The number of nitrogens with one attached hydrogen (secondary N) is 2. The van der Waals surface area contributed by atoms with Crippen LogP contribution in [-0.2, 0) is 4.74 Å². The third-order valence-electron chi connectivity index (χ3n) is 7.03. The fourth-order valence-electron chi connectivity index (χ4n) is 4.59. The molecule has 0 saturated carbocycles. The van der Waals surface area contributed by atoms with Crippen LogP contribution in [0.15, 0.2) is 41.5 Å². The first-order valence-corrected chi connectivity index (χ1v) is 15.1. The number of hydrogen-bond acceptors (Lipinski definition) is 6. The first-order chi connectivity index (χ1) is 16.9. The molecule has 0 aliphatic carbocycles. The molecular formula is C29H51N3O2S. The molecule has 0 spiro atoms. The van der Waals surface area contributed by atoms with Gasteiger partial charge in [0, 0.05) is 12.0 Å². The van der Waals surface area contributed by atoms with Gasteiger partial charge in [-0.3, -0.25) is 0 Å². The fourth-order valence-corrected chi connectivity index (χ4v) is 5.83. The molecule has 1 aliphatic rings. The Hall–Kier alpha value is -1.56. The van der Waals surface area contributed by atoms with Crippen LogP contribution in [-0.4, -0.2) is 22.5 Å². The number of nitrogens with zero attached hydrogens (tertiary/aromatic N) is 1. The summed E-state index contributed by atoms with van der Waals surface area (Å²) in [4.78, 5) is 4.20. The van der Waals surface area contributed by atoms with Gasteiger partial charge in [-0.1, -0.05) is 92.4 Å². The van der Waals surface area contributed by atoms with Crippen molar-refractivity contribution in [1.29, 1.82) is 0 Å². The van der Waals surface area contributed by atoms with Gasteiger partial charge in [0.05, 0.1) is 11.7 Å². The van der Waals surface area contributed by atoms with Crippen LogP contribution in [0.1, 0.15) is 98.8 Å². The number of hydrogen-bond donors (Lipinski definition) is 2. The van der Waals surface area contributed by atoms with Crippen LogP contribution < -0.4 is 10.6 Å². The topological polar surface area (TPSA) is 59.3 Å². The number of thioether (sulfide) groups is 1. The van der Waals surface area contributed by atoms with Gasteiger partial charge < -0.3 is 19.8 Å². The summed E-state index contributed by atoms with van der Waals surface area (Å²) in [5.41, 5.74) is 1.01. The first kappa shape index (κ1) is 29.7. The first-order valence-electron chi connectivity index (χ1n) is 13.9. The zero-order valence-corrected chi connectivity index (χ0v) is 23.7. The molecule has 0 fully saturated rings. The molecule has 0 amide bonds. The summed E-state index contributed by atoms with van der Waals surface area (Å²) in [6.07, 6.45) is 22.1. The van der Waals surface area contributed by atoms with Crippen molar-refractivity contribution < 1.29 is 9.15 Å². The van der Waals surface area contributed by atoms with E-state index in [-0.39, 0.29) is 6.04 Å². The van der Waals surface area contributed by atoms with Gasteiger partial charge in [-0.25, -0.2) is 0 Å². The molecule has 0 saturated heterocycles. The monoisotopic (exact) mass is 505 g/mol. The van der Waals surface area contributed by atoms with E-state index in [1.54, 1.807) is 18.8 Å². The fraction of sp³-hybridized carbons (Fsp3) is 0.759. The van der Waals surface area contributed by atoms with Gasteiger partial charge in [0.15, 0.2) is 12.2 Å². The van der Waals surface area contributed by atoms with Gasteiger partial charge >= 0.3 is 0 Å². The molecule has 2 rings (SSSR count). The average Bonchev–Trinajstić information content (AvgIpc) is 3.34. The third-order valence-corrected chi connectivity index (χ3v) is 8.12. The summed E-state index contributed by atoms with van der Waals surface area (Å²) in [7, 11) is 0. The molecule has 0 bridgehead atoms. The summed E-state index contributed by atoms with van der Waals surface area (Å²) in [5, 5.41) is 6.71. The summed E-state index contributed by atoms with van der Waals surface area (Å²) in [5.74, 6) is 6.28. The molecule has 1 aromatic heterocycles. The van der Waals surface area contributed by atoms with Gasteiger partial charge in [0.25, 0.3) is 0 Å². The minimum absolute atomic E-state index is 0.101. The molecule has 200 valence electrons. The van der Waals surface area contributed by atoms with Crippen LogP contribution in [0.2, 0.25) is 0 Å². The molecule has 4 unspecified atom stereocenters. The van der Waals surface area contributed by atoms with E-state index in [2.05, 4.69) is 50.2 Å². The molecule has 1 aliphatic heterocycles. The van der Waals surface area contributed by atoms with Crippen molar-refractivity contribution in [2.75, 3.05) is 16.8 Å². The smallest absolute Gasteiger partial charge is 0.182 e. The molecule has 2 heterocycles. The van der Waals surface area contributed by atoms with Crippen molar-refractivity contribution in [3.05, 3.63) is 37.1 Å². The van der Waals surface area contributed by atoms with Crippen LogP contribution in [0.5, 0.6) is 0 Å². The van der Waals surface area contributed by atoms with E-state index in [0.29, 0.717) is 0 Å². The number of rotatable bonds is 20. The summed E-state index contributed by atoms with van der Waals surface area (Å²) in [6.45, 7) is 12.0. The van der Waals surface area contributed by atoms with Gasteiger partial charge in [0.1, 0.15) is 18.8 Å². The van der Waals surface area contributed by atoms with Gasteiger partial charge in [-0.2, -0.15) is 16.7 Å². The predicted molar refractivity (Wildman–Crippen MR) is 151 cm³/mol. The van der Waals surface area contributed by atoms with Crippen molar-refractivity contribution in [3.63, 3.8) is 0 Å². The molecular weight excluding hydrogens is 454 g/mol. The zero-order chi connectivity index (χ0) is 25.3. The van der Waals surface area contributed by atoms with Gasteiger partial charge in [-0.05, 0) is 35.8 Å². The quantitative estimate of drug-likeness (QED) is 0.173. The highest BCUT2D eigenvalue weighted by Gasteiger charge is 2.17. The molecule has 1 aromatic rings. The Morgan fingerprint density at radius 3 is 2.06 bits per heavy atom. The molecule has 4 atom stereocenters. The highest BCUT2D eigenvalue weighted by atomic mass is 32.2. The molecule has 35 heavy (non-hydrogen) atoms. The average molecular weight is 506 g/mol. The largest absolute Gasteiger partial charge is 0.469 e. The van der Waals surface area contributed by atoms with Crippen molar-refractivity contribution in [1.82, 2.24) is 10.3 Å². The summed E-state index contributed by atoms with van der Waals surface area (Å²) < 4.78 is 10.5. The molecule has 5 nitrogen and oxygen atoms in total. The van der Waals surface area contributed by atoms with Gasteiger partial charge in [0.2, 0.25) is 0 Å². The highest BCUT2D eigenvalue weighted by molar-refractivity contribution is 7.99. The number of oxazole rings is 1. The third kappa shape index (κ3) is 13.9. The van der Waals surface area contributed by atoms with Crippen molar-refractivity contribution in [3.8, 4) is 0 Å². The van der Waals surface area contributed by atoms with E-state index in [9.17, 15) is 0 Å². The Bertz CT molecular complexity index is 705. The Balaban J connectivity index is 1.52. The minimum Gasteiger partial charge on any atom is -0.469 e. The standard InChI is InChI=1S/C29H51N3O2S/c1-23(2)9-6-10-24(3)11-7-12-25(4)13-8-14-26(5)15-18-35-21-28(27-19-33-17-16-30-27)32-29-20-34-22-31-29/h16-17,19-20,22-26,28,30,32H,6-15,18,21H2,1-5H3. The Kier molecular flexibility index (Phi) is 15.1. The van der Waals surface area contributed by atoms with Gasteiger partial charge in [-0.15, -0.1) is 0 Å². The van der Waals surface area contributed by atoms with E-state index >= 15 is 0 Å². The minimum atomic E-state index is 0.101. The lowest BCUT2D eigenvalue weighted by atomic mass is 9.91. The maximum absolute atomic E-state index is 5.35. The highest BCUT2D eigenvalue weighted by Crippen LogP contribution is 2.24. The molecule has 6 heteroatoms. The normalized spacial score (nSPS) is 16.8. The second-order valence-corrected chi connectivity index (χ2v) is 12.2. The van der Waals surface area contributed by atoms with E-state index in [0.717, 1.165) is 40.9 Å². The van der Waals surface area contributed by atoms with Crippen molar-refractivity contribution in [2.24, 2.45) is 23.7 Å². The van der Waals surface area contributed by atoms with Crippen molar-refractivity contribution in [2.45, 2.75) is 105 Å². The van der Waals surface area contributed by atoms with E-state index in [4.69, 9.17) is 9.15 Å². The van der Waals surface area contributed by atoms with E-state index in [1.807, 2.05) is 18.0 Å². The van der Waals surface area contributed by atoms with Crippen molar-refractivity contribution >= 4 is 17.6 Å². The predicted octanol–water partition coefficient (Wildman–Crippen LogP) is 8.59. The number of anilines is 1. The second kappa shape index (κ2) is 17.8. The van der Waals surface area contributed by atoms with Crippen LogP contribution in [0, 0.1) is 23.7 Å². The zero-order valence-electron chi connectivity index (χ0n) is 22.9. The molecule has 0 aromatic carbocycles. The Labute approximate surface area is 219 Å². The maximum atomic E-state index is 5.35. The van der Waals surface area contributed by atoms with Crippen LogP contribution in [0.3, 0.4) is 0 Å². The Morgan fingerprint density at radius 2 is 1.51 bits per heavy atom. The maximum Gasteiger partial charge on any atom is 0.182 e. The van der Waals surface area contributed by atoms with E-state index < -0.39 is 0 Å². The Morgan fingerprint density at radius 1 is 0.886 bits per heavy atom.